The van der Waals surface area contributed by atoms with Crippen molar-refractivity contribution in [3.8, 4) is 5.75 Å². The van der Waals surface area contributed by atoms with Gasteiger partial charge in [-0.2, -0.15) is 0 Å². The highest BCUT2D eigenvalue weighted by Gasteiger charge is 2.13. The van der Waals surface area contributed by atoms with Gasteiger partial charge in [0.25, 0.3) is 0 Å². The van der Waals surface area contributed by atoms with Crippen LogP contribution in [0.3, 0.4) is 0 Å². The molecule has 0 bridgehead atoms. The second-order valence-electron chi connectivity index (χ2n) is 5.10. The monoisotopic (exact) mass is 294 g/mol. The van der Waals surface area contributed by atoms with Crippen molar-refractivity contribution >= 4 is 22.6 Å². The van der Waals surface area contributed by atoms with Crippen molar-refractivity contribution in [2.75, 3.05) is 0 Å². The number of unbranched alkanes of at least 4 members (excludes halogenated alkanes) is 3. The topological polar surface area (TPSA) is 50.4 Å². The van der Waals surface area contributed by atoms with Crippen LogP contribution in [0.4, 0.5) is 0 Å². The largest absolute Gasteiger partial charge is 0.506 e. The molecular weight excluding hydrogens is 276 g/mol. The highest BCUT2D eigenvalue weighted by atomic mass is 35.5. The molecule has 0 fully saturated rings. The zero-order valence-electron chi connectivity index (χ0n) is 11.8. The lowest BCUT2D eigenvalue weighted by Gasteiger charge is -2.08. The summed E-state index contributed by atoms with van der Waals surface area (Å²) in [6.07, 6.45) is 5.17. The molecule has 0 saturated heterocycles. The van der Waals surface area contributed by atoms with Gasteiger partial charge < -0.3 is 9.52 Å². The minimum absolute atomic E-state index is 0.0718. The van der Waals surface area contributed by atoms with Gasteiger partial charge in [-0.25, -0.2) is 4.79 Å². The first kappa shape index (κ1) is 14.9. The van der Waals surface area contributed by atoms with Crippen molar-refractivity contribution in [2.45, 2.75) is 46.0 Å². The number of phenolic OH excluding ortho intramolecular Hbond substituents is 1. The quantitative estimate of drug-likeness (QED) is 0.648. The second-order valence-corrected chi connectivity index (χ2v) is 5.51. The Bertz CT molecular complexity index is 673. The summed E-state index contributed by atoms with van der Waals surface area (Å²) >= 11 is 5.93. The third-order valence-electron chi connectivity index (χ3n) is 3.64. The Balaban J connectivity index is 2.40. The molecular formula is C16H19ClO3. The number of benzene rings is 1. The van der Waals surface area contributed by atoms with Crippen LogP contribution in [0.5, 0.6) is 5.75 Å². The normalized spacial score (nSPS) is 11.2. The molecule has 2 rings (SSSR count). The first-order chi connectivity index (χ1) is 9.54. The summed E-state index contributed by atoms with van der Waals surface area (Å²) in [6, 6.07) is 3.05. The number of fused-ring (bicyclic) bond motifs is 1. The van der Waals surface area contributed by atoms with Crippen LogP contribution in [0, 0.1) is 6.92 Å². The van der Waals surface area contributed by atoms with Crippen molar-refractivity contribution < 1.29 is 9.52 Å². The van der Waals surface area contributed by atoms with Crippen LogP contribution in [-0.4, -0.2) is 5.11 Å². The van der Waals surface area contributed by atoms with Gasteiger partial charge in [0.1, 0.15) is 11.3 Å². The molecule has 0 saturated carbocycles. The molecule has 1 aromatic heterocycles. The van der Waals surface area contributed by atoms with E-state index in [9.17, 15) is 9.90 Å². The van der Waals surface area contributed by atoms with E-state index in [0.717, 1.165) is 35.8 Å². The molecule has 108 valence electrons. The van der Waals surface area contributed by atoms with E-state index >= 15 is 0 Å². The van der Waals surface area contributed by atoms with Gasteiger partial charge in [0.05, 0.1) is 5.02 Å². The molecule has 0 unspecified atom stereocenters. The van der Waals surface area contributed by atoms with Gasteiger partial charge in [-0.3, -0.25) is 0 Å². The Morgan fingerprint density at radius 2 is 2.00 bits per heavy atom. The van der Waals surface area contributed by atoms with E-state index in [1.54, 1.807) is 6.07 Å². The summed E-state index contributed by atoms with van der Waals surface area (Å²) in [4.78, 5) is 12.0. The molecule has 3 nitrogen and oxygen atoms in total. The smallest absolute Gasteiger partial charge is 0.339 e. The predicted molar refractivity (Wildman–Crippen MR) is 81.7 cm³/mol. The maximum atomic E-state index is 12.0. The first-order valence-corrected chi connectivity index (χ1v) is 7.37. The molecule has 0 spiro atoms. The highest BCUT2D eigenvalue weighted by molar-refractivity contribution is 6.32. The van der Waals surface area contributed by atoms with Gasteiger partial charge in [0.15, 0.2) is 0 Å². The van der Waals surface area contributed by atoms with E-state index in [0.29, 0.717) is 5.58 Å². The molecule has 4 heteroatoms. The third kappa shape index (κ3) is 2.98. The number of halogens is 1. The Morgan fingerprint density at radius 1 is 1.25 bits per heavy atom. The summed E-state index contributed by atoms with van der Waals surface area (Å²) in [7, 11) is 0. The van der Waals surface area contributed by atoms with Crippen molar-refractivity contribution in [3.63, 3.8) is 0 Å². The van der Waals surface area contributed by atoms with Gasteiger partial charge in [0.2, 0.25) is 0 Å². The van der Waals surface area contributed by atoms with Crippen LogP contribution >= 0.6 is 11.6 Å². The number of aryl methyl sites for hydroxylation is 1. The fraction of sp³-hybridized carbons (Fsp3) is 0.438. The van der Waals surface area contributed by atoms with Gasteiger partial charge >= 0.3 is 5.63 Å². The molecule has 0 amide bonds. The van der Waals surface area contributed by atoms with Crippen molar-refractivity contribution in [1.82, 2.24) is 0 Å². The summed E-state index contributed by atoms with van der Waals surface area (Å²) in [5.74, 6) is -0.0718. The number of hydrogen-bond acceptors (Lipinski definition) is 3. The Labute approximate surface area is 123 Å². The molecule has 1 aromatic carbocycles. The van der Waals surface area contributed by atoms with E-state index in [4.69, 9.17) is 16.0 Å². The lowest BCUT2D eigenvalue weighted by Crippen LogP contribution is -2.10. The second kappa shape index (κ2) is 6.31. The zero-order chi connectivity index (χ0) is 14.7. The Kier molecular flexibility index (Phi) is 4.71. The maximum Gasteiger partial charge on any atom is 0.339 e. The van der Waals surface area contributed by atoms with Crippen molar-refractivity contribution in [3.05, 3.63) is 38.7 Å². The molecule has 1 N–H and O–H groups in total. The van der Waals surface area contributed by atoms with E-state index in [1.807, 2.05) is 6.92 Å². The van der Waals surface area contributed by atoms with Gasteiger partial charge in [0, 0.05) is 17.0 Å². The van der Waals surface area contributed by atoms with E-state index < -0.39 is 0 Å². The molecule has 1 heterocycles. The molecule has 0 aliphatic heterocycles. The standard InChI is InChI=1S/C16H19ClO3/c1-3-4-5-6-7-11-10(2)12-8-13(17)14(18)9-15(12)20-16(11)19/h8-9,18H,3-7H2,1-2H3. The minimum Gasteiger partial charge on any atom is -0.506 e. The first-order valence-electron chi connectivity index (χ1n) is 6.99. The lowest BCUT2D eigenvalue weighted by atomic mass is 10.0. The number of rotatable bonds is 5. The van der Waals surface area contributed by atoms with Gasteiger partial charge in [-0.05, 0) is 31.4 Å². The van der Waals surface area contributed by atoms with E-state index in [-0.39, 0.29) is 16.4 Å². The minimum atomic E-state index is -0.312. The predicted octanol–water partition coefficient (Wildman–Crippen LogP) is 4.58. The van der Waals surface area contributed by atoms with Crippen LogP contribution in [0.15, 0.2) is 21.3 Å². The van der Waals surface area contributed by atoms with Crippen molar-refractivity contribution in [2.24, 2.45) is 0 Å². The lowest BCUT2D eigenvalue weighted by molar-refractivity contribution is 0.473. The van der Waals surface area contributed by atoms with E-state index in [2.05, 4.69) is 6.92 Å². The molecule has 0 atom stereocenters. The van der Waals surface area contributed by atoms with Crippen molar-refractivity contribution in [1.29, 1.82) is 0 Å². The third-order valence-corrected chi connectivity index (χ3v) is 3.94. The average Bonchev–Trinajstić information content (AvgIpc) is 2.40. The Hall–Kier alpha value is -1.48. The average molecular weight is 295 g/mol. The van der Waals surface area contributed by atoms with Crippen LogP contribution in [0.1, 0.15) is 43.7 Å². The SMILES string of the molecule is CCCCCCc1c(C)c2cc(Cl)c(O)cc2oc1=O. The molecule has 0 aliphatic rings. The van der Waals surface area contributed by atoms with Crippen LogP contribution in [0.25, 0.3) is 11.0 Å². The fourth-order valence-corrected chi connectivity index (χ4v) is 2.58. The molecule has 0 aliphatic carbocycles. The fourth-order valence-electron chi connectivity index (χ4n) is 2.42. The molecule has 20 heavy (non-hydrogen) atoms. The zero-order valence-corrected chi connectivity index (χ0v) is 12.6. The number of aromatic hydroxyl groups is 1. The summed E-state index contributed by atoms with van der Waals surface area (Å²) in [5, 5.41) is 10.6. The number of hydrogen-bond donors (Lipinski definition) is 1. The van der Waals surface area contributed by atoms with Gasteiger partial charge in [-0.1, -0.05) is 37.8 Å². The molecule has 0 radical (unpaired) electrons. The Morgan fingerprint density at radius 3 is 2.70 bits per heavy atom. The highest BCUT2D eigenvalue weighted by Crippen LogP contribution is 2.31. The van der Waals surface area contributed by atoms with Crippen LogP contribution < -0.4 is 5.63 Å². The van der Waals surface area contributed by atoms with Gasteiger partial charge in [-0.15, -0.1) is 0 Å². The summed E-state index contributed by atoms with van der Waals surface area (Å²) < 4.78 is 5.29. The molecule has 2 aromatic rings. The van der Waals surface area contributed by atoms with Crippen LogP contribution in [0.2, 0.25) is 5.02 Å². The summed E-state index contributed by atoms with van der Waals surface area (Å²) in [5.41, 5.74) is 1.69. The maximum absolute atomic E-state index is 12.0. The summed E-state index contributed by atoms with van der Waals surface area (Å²) in [6.45, 7) is 4.06. The van der Waals surface area contributed by atoms with Crippen LogP contribution in [-0.2, 0) is 6.42 Å². The van der Waals surface area contributed by atoms with E-state index in [1.165, 1.54) is 18.9 Å². The number of phenols is 1.